The van der Waals surface area contributed by atoms with E-state index in [2.05, 4.69) is 9.97 Å². The fraction of sp³-hybridized carbons (Fsp3) is 0.231. The molecule has 2 aromatic rings. The van der Waals surface area contributed by atoms with Crippen molar-refractivity contribution in [3.8, 4) is 11.3 Å². The first-order valence-corrected chi connectivity index (χ1v) is 5.38. The second kappa shape index (κ2) is 4.93. The molecular weight excluding hydrogens is 216 g/mol. The summed E-state index contributed by atoms with van der Waals surface area (Å²) < 4.78 is 5.26. The van der Waals surface area contributed by atoms with Crippen LogP contribution in [0.2, 0.25) is 0 Å². The second-order valence-corrected chi connectivity index (χ2v) is 3.80. The van der Waals surface area contributed by atoms with Crippen molar-refractivity contribution in [3.63, 3.8) is 0 Å². The molecule has 88 valence electrons. The summed E-state index contributed by atoms with van der Waals surface area (Å²) in [6.07, 6.45) is 1.43. The zero-order valence-corrected chi connectivity index (χ0v) is 9.81. The number of H-pyrrole nitrogens is 1. The van der Waals surface area contributed by atoms with E-state index in [0.717, 1.165) is 11.1 Å². The summed E-state index contributed by atoms with van der Waals surface area (Å²) in [7, 11) is 1.67. The maximum Gasteiger partial charge on any atom is 0.251 e. The van der Waals surface area contributed by atoms with Crippen LogP contribution in [0.1, 0.15) is 18.6 Å². The van der Waals surface area contributed by atoms with Gasteiger partial charge in [-0.15, -0.1) is 0 Å². The number of benzene rings is 1. The lowest BCUT2D eigenvalue weighted by molar-refractivity contribution is 0.119. The fourth-order valence-corrected chi connectivity index (χ4v) is 1.61. The number of rotatable bonds is 3. The molecule has 0 aliphatic heterocycles. The van der Waals surface area contributed by atoms with E-state index in [9.17, 15) is 4.79 Å². The van der Waals surface area contributed by atoms with Crippen molar-refractivity contribution < 1.29 is 4.74 Å². The first-order valence-electron chi connectivity index (χ1n) is 5.38. The van der Waals surface area contributed by atoms with Gasteiger partial charge in [-0.3, -0.25) is 4.79 Å². The maximum atomic E-state index is 11.2. The highest BCUT2D eigenvalue weighted by Crippen LogP contribution is 2.22. The molecule has 1 N–H and O–H groups in total. The number of hydrogen-bond donors (Lipinski definition) is 1. The Balaban J connectivity index is 2.43. The summed E-state index contributed by atoms with van der Waals surface area (Å²) in [6, 6.07) is 9.31. The molecule has 4 heteroatoms. The minimum atomic E-state index is -0.153. The molecule has 1 aromatic heterocycles. The molecule has 2 rings (SSSR count). The van der Waals surface area contributed by atoms with Crippen molar-refractivity contribution in [3.05, 3.63) is 52.6 Å². The lowest BCUT2D eigenvalue weighted by atomic mass is 10.0. The quantitative estimate of drug-likeness (QED) is 0.878. The smallest absolute Gasteiger partial charge is 0.251 e. The average molecular weight is 230 g/mol. The van der Waals surface area contributed by atoms with Crippen LogP contribution in [0.5, 0.6) is 0 Å². The van der Waals surface area contributed by atoms with Crippen LogP contribution < -0.4 is 5.56 Å². The largest absolute Gasteiger partial charge is 0.377 e. The molecule has 0 bridgehead atoms. The third kappa shape index (κ3) is 2.60. The van der Waals surface area contributed by atoms with E-state index >= 15 is 0 Å². The van der Waals surface area contributed by atoms with Gasteiger partial charge in [0, 0.05) is 18.7 Å². The van der Waals surface area contributed by atoms with Crippen molar-refractivity contribution in [2.24, 2.45) is 0 Å². The summed E-state index contributed by atoms with van der Waals surface area (Å²) >= 11 is 0. The van der Waals surface area contributed by atoms with Gasteiger partial charge in [-0.1, -0.05) is 18.2 Å². The van der Waals surface area contributed by atoms with Crippen LogP contribution in [0, 0.1) is 0 Å². The Morgan fingerprint density at radius 3 is 2.88 bits per heavy atom. The van der Waals surface area contributed by atoms with Crippen molar-refractivity contribution in [1.29, 1.82) is 0 Å². The van der Waals surface area contributed by atoms with Crippen LogP contribution >= 0.6 is 0 Å². The molecular formula is C13H14N2O2. The molecule has 0 saturated heterocycles. The predicted octanol–water partition coefficient (Wildman–Crippen LogP) is 2.14. The van der Waals surface area contributed by atoms with Crippen LogP contribution in [0.3, 0.4) is 0 Å². The molecule has 0 saturated carbocycles. The van der Waals surface area contributed by atoms with Crippen LogP contribution in [-0.4, -0.2) is 17.1 Å². The SMILES string of the molecule is COC(C)c1cccc(-c2cc(=O)[nH]cn2)c1. The van der Waals surface area contributed by atoms with E-state index in [1.165, 1.54) is 12.4 Å². The number of nitrogens with zero attached hydrogens (tertiary/aromatic N) is 1. The number of nitrogens with one attached hydrogen (secondary N) is 1. The minimum Gasteiger partial charge on any atom is -0.377 e. The van der Waals surface area contributed by atoms with E-state index in [-0.39, 0.29) is 11.7 Å². The van der Waals surface area contributed by atoms with Gasteiger partial charge in [0.15, 0.2) is 0 Å². The number of ether oxygens (including phenoxy) is 1. The third-order valence-electron chi connectivity index (χ3n) is 2.68. The number of methoxy groups -OCH3 is 1. The molecule has 0 radical (unpaired) electrons. The van der Waals surface area contributed by atoms with E-state index < -0.39 is 0 Å². The summed E-state index contributed by atoms with van der Waals surface area (Å²) in [4.78, 5) is 17.9. The van der Waals surface area contributed by atoms with Gasteiger partial charge in [0.25, 0.3) is 5.56 Å². The van der Waals surface area contributed by atoms with Gasteiger partial charge in [-0.2, -0.15) is 0 Å². The van der Waals surface area contributed by atoms with Crippen LogP contribution in [0.25, 0.3) is 11.3 Å². The van der Waals surface area contributed by atoms with E-state index in [1.807, 2.05) is 31.2 Å². The Kier molecular flexibility index (Phi) is 3.35. The Hall–Kier alpha value is -1.94. The van der Waals surface area contributed by atoms with Crippen LogP contribution in [0.15, 0.2) is 41.5 Å². The fourth-order valence-electron chi connectivity index (χ4n) is 1.61. The van der Waals surface area contributed by atoms with Gasteiger partial charge in [0.1, 0.15) is 0 Å². The average Bonchev–Trinajstić information content (AvgIpc) is 2.38. The summed E-state index contributed by atoms with van der Waals surface area (Å²) in [5, 5.41) is 0. The molecule has 0 spiro atoms. The molecule has 0 aliphatic carbocycles. The molecule has 17 heavy (non-hydrogen) atoms. The molecule has 1 atom stereocenters. The maximum absolute atomic E-state index is 11.2. The Bertz CT molecular complexity index is 563. The first kappa shape index (κ1) is 11.5. The molecule has 1 heterocycles. The summed E-state index contributed by atoms with van der Waals surface area (Å²) in [5.41, 5.74) is 2.49. The van der Waals surface area contributed by atoms with Crippen molar-refractivity contribution in [1.82, 2.24) is 9.97 Å². The van der Waals surface area contributed by atoms with Gasteiger partial charge in [0.05, 0.1) is 18.1 Å². The molecule has 4 nitrogen and oxygen atoms in total. The number of aromatic nitrogens is 2. The molecule has 0 amide bonds. The van der Waals surface area contributed by atoms with Crippen molar-refractivity contribution >= 4 is 0 Å². The standard InChI is InChI=1S/C13H14N2O2/c1-9(17-2)10-4-3-5-11(6-10)12-7-13(16)15-8-14-12/h3-9H,1-2H3,(H,14,15,16). The zero-order chi connectivity index (χ0) is 12.3. The van der Waals surface area contributed by atoms with E-state index in [0.29, 0.717) is 5.69 Å². The van der Waals surface area contributed by atoms with E-state index in [4.69, 9.17) is 4.74 Å². The number of aromatic amines is 1. The summed E-state index contributed by atoms with van der Waals surface area (Å²) in [6.45, 7) is 1.98. The Morgan fingerprint density at radius 2 is 2.18 bits per heavy atom. The van der Waals surface area contributed by atoms with Crippen LogP contribution in [0.4, 0.5) is 0 Å². The highest BCUT2D eigenvalue weighted by molar-refractivity contribution is 5.59. The Labute approximate surface area is 99.3 Å². The second-order valence-electron chi connectivity index (χ2n) is 3.80. The van der Waals surface area contributed by atoms with Gasteiger partial charge in [-0.05, 0) is 18.6 Å². The summed E-state index contributed by atoms with van der Waals surface area (Å²) in [5.74, 6) is 0. The van der Waals surface area contributed by atoms with Crippen LogP contribution in [-0.2, 0) is 4.74 Å². The molecule has 0 fully saturated rings. The van der Waals surface area contributed by atoms with Gasteiger partial charge in [-0.25, -0.2) is 4.98 Å². The van der Waals surface area contributed by atoms with Crippen molar-refractivity contribution in [2.75, 3.05) is 7.11 Å². The topological polar surface area (TPSA) is 55.0 Å². The first-order chi connectivity index (χ1) is 8.20. The highest BCUT2D eigenvalue weighted by Gasteiger charge is 2.06. The normalized spacial score (nSPS) is 12.4. The molecule has 1 aromatic carbocycles. The van der Waals surface area contributed by atoms with Gasteiger partial charge in [0.2, 0.25) is 0 Å². The lowest BCUT2D eigenvalue weighted by Crippen LogP contribution is -2.04. The monoisotopic (exact) mass is 230 g/mol. The zero-order valence-electron chi connectivity index (χ0n) is 9.81. The van der Waals surface area contributed by atoms with Gasteiger partial charge >= 0.3 is 0 Å². The lowest BCUT2D eigenvalue weighted by Gasteiger charge is -2.10. The van der Waals surface area contributed by atoms with Crippen molar-refractivity contribution in [2.45, 2.75) is 13.0 Å². The van der Waals surface area contributed by atoms with Gasteiger partial charge < -0.3 is 9.72 Å². The molecule has 1 unspecified atom stereocenters. The van der Waals surface area contributed by atoms with E-state index in [1.54, 1.807) is 7.11 Å². The predicted molar refractivity (Wildman–Crippen MR) is 65.7 cm³/mol. The highest BCUT2D eigenvalue weighted by atomic mass is 16.5. The number of hydrogen-bond acceptors (Lipinski definition) is 3. The third-order valence-corrected chi connectivity index (χ3v) is 2.68. The minimum absolute atomic E-state index is 0.0250. The Morgan fingerprint density at radius 1 is 1.35 bits per heavy atom. The molecule has 0 aliphatic rings.